The molecule has 0 fully saturated rings. The van der Waals surface area contributed by atoms with Gasteiger partial charge in [-0.15, -0.1) is 0 Å². The lowest BCUT2D eigenvalue weighted by atomic mass is 9.90. The third-order valence-corrected chi connectivity index (χ3v) is 5.35. The molecule has 3 aromatic rings. The Balaban J connectivity index is 1.40. The summed E-state index contributed by atoms with van der Waals surface area (Å²) < 4.78 is 7.03. The molecule has 1 atom stereocenters. The quantitative estimate of drug-likeness (QED) is 0.394. The minimum Gasteiger partial charge on any atom is -0.497 e. The Labute approximate surface area is 187 Å². The van der Waals surface area contributed by atoms with Gasteiger partial charge in [0.2, 0.25) is 5.91 Å². The smallest absolute Gasteiger partial charge is 0.225 e. The van der Waals surface area contributed by atoms with Crippen LogP contribution in [0.25, 0.3) is 5.69 Å². The van der Waals surface area contributed by atoms with Crippen LogP contribution in [0.1, 0.15) is 30.5 Å². The second-order valence-corrected chi connectivity index (χ2v) is 7.56. The normalized spacial score (nSPS) is 15.6. The number of hydrogen-bond donors (Lipinski definition) is 3. The Bertz CT molecular complexity index is 1090. The lowest BCUT2D eigenvalue weighted by Crippen LogP contribution is -2.40. The molecule has 4 rings (SSSR count). The number of aliphatic imine (C=N–C) groups is 1. The van der Waals surface area contributed by atoms with Gasteiger partial charge in [-0.2, -0.15) is 5.10 Å². The number of fused-ring (bicyclic) bond motifs is 1. The monoisotopic (exact) mass is 432 g/mol. The first-order valence-electron chi connectivity index (χ1n) is 10.8. The third-order valence-electron chi connectivity index (χ3n) is 5.35. The Kier molecular flexibility index (Phi) is 6.69. The number of carbonyl (C=O) groups is 1. The van der Waals surface area contributed by atoms with E-state index < -0.39 is 0 Å². The summed E-state index contributed by atoms with van der Waals surface area (Å²) in [6, 6.07) is 17.6. The molecule has 1 aromatic heterocycles. The topological polar surface area (TPSA) is 92.6 Å². The SMILES string of the molecule is CCNC(=NCc1ccn(-c2ccc(OC)cc2)n1)NCC1CC(=O)Nc2ccccc21. The predicted molar refractivity (Wildman–Crippen MR) is 125 cm³/mol. The fourth-order valence-electron chi connectivity index (χ4n) is 3.73. The number of benzene rings is 2. The average molecular weight is 433 g/mol. The highest BCUT2D eigenvalue weighted by atomic mass is 16.5. The number of nitrogens with zero attached hydrogens (tertiary/aromatic N) is 3. The number of nitrogens with one attached hydrogen (secondary N) is 3. The summed E-state index contributed by atoms with van der Waals surface area (Å²) in [7, 11) is 1.65. The van der Waals surface area contributed by atoms with E-state index >= 15 is 0 Å². The number of amides is 1. The van der Waals surface area contributed by atoms with Crippen LogP contribution in [0.4, 0.5) is 5.69 Å². The van der Waals surface area contributed by atoms with Crippen molar-refractivity contribution in [1.82, 2.24) is 20.4 Å². The Morgan fingerprint density at radius 2 is 2.00 bits per heavy atom. The lowest BCUT2D eigenvalue weighted by molar-refractivity contribution is -0.116. The first-order valence-corrected chi connectivity index (χ1v) is 10.8. The molecule has 1 amide bonds. The van der Waals surface area contributed by atoms with Crippen molar-refractivity contribution in [3.63, 3.8) is 0 Å². The van der Waals surface area contributed by atoms with Crippen LogP contribution in [0.2, 0.25) is 0 Å². The minimum absolute atomic E-state index is 0.0431. The number of para-hydroxylation sites is 1. The highest BCUT2D eigenvalue weighted by Crippen LogP contribution is 2.31. The molecule has 0 saturated heterocycles. The number of methoxy groups -OCH3 is 1. The van der Waals surface area contributed by atoms with Crippen LogP contribution in [-0.2, 0) is 11.3 Å². The molecule has 1 unspecified atom stereocenters. The van der Waals surface area contributed by atoms with Crippen molar-refractivity contribution in [2.75, 3.05) is 25.5 Å². The van der Waals surface area contributed by atoms with Crippen LogP contribution in [0.3, 0.4) is 0 Å². The molecule has 8 heteroatoms. The van der Waals surface area contributed by atoms with E-state index in [1.807, 2.05) is 66.3 Å². The minimum atomic E-state index is 0.0431. The summed E-state index contributed by atoms with van der Waals surface area (Å²) in [5, 5.41) is 14.2. The van der Waals surface area contributed by atoms with Gasteiger partial charge in [0.25, 0.3) is 0 Å². The van der Waals surface area contributed by atoms with Gasteiger partial charge >= 0.3 is 0 Å². The van der Waals surface area contributed by atoms with Crippen LogP contribution < -0.4 is 20.7 Å². The van der Waals surface area contributed by atoms with E-state index in [1.54, 1.807) is 7.11 Å². The predicted octanol–water partition coefficient (Wildman–Crippen LogP) is 3.06. The van der Waals surface area contributed by atoms with Crippen molar-refractivity contribution in [3.8, 4) is 11.4 Å². The molecule has 32 heavy (non-hydrogen) atoms. The van der Waals surface area contributed by atoms with E-state index in [-0.39, 0.29) is 11.8 Å². The fraction of sp³-hybridized carbons (Fsp3) is 0.292. The molecule has 1 aliphatic rings. The van der Waals surface area contributed by atoms with Crippen molar-refractivity contribution in [3.05, 3.63) is 72.1 Å². The number of rotatable bonds is 7. The van der Waals surface area contributed by atoms with Gasteiger partial charge in [-0.1, -0.05) is 18.2 Å². The fourth-order valence-corrected chi connectivity index (χ4v) is 3.73. The van der Waals surface area contributed by atoms with Gasteiger partial charge in [-0.3, -0.25) is 4.79 Å². The molecule has 0 spiro atoms. The van der Waals surface area contributed by atoms with Crippen molar-refractivity contribution in [2.45, 2.75) is 25.8 Å². The second-order valence-electron chi connectivity index (χ2n) is 7.56. The molecule has 0 aliphatic carbocycles. The Morgan fingerprint density at radius 1 is 1.19 bits per heavy atom. The largest absolute Gasteiger partial charge is 0.497 e. The molecule has 1 aliphatic heterocycles. The number of anilines is 1. The summed E-state index contributed by atoms with van der Waals surface area (Å²) in [6.45, 7) is 3.84. The molecule has 0 saturated carbocycles. The molecule has 0 radical (unpaired) electrons. The van der Waals surface area contributed by atoms with Gasteiger partial charge in [0, 0.05) is 37.3 Å². The van der Waals surface area contributed by atoms with Crippen LogP contribution in [-0.4, -0.2) is 41.8 Å². The number of guanidine groups is 1. The zero-order valence-electron chi connectivity index (χ0n) is 18.3. The molecule has 2 heterocycles. The maximum Gasteiger partial charge on any atom is 0.225 e. The van der Waals surface area contributed by atoms with Gasteiger partial charge in [-0.05, 0) is 48.9 Å². The maximum atomic E-state index is 12.1. The van der Waals surface area contributed by atoms with E-state index in [0.717, 1.165) is 34.9 Å². The van der Waals surface area contributed by atoms with Gasteiger partial charge < -0.3 is 20.7 Å². The molecule has 0 bridgehead atoms. The zero-order chi connectivity index (χ0) is 22.3. The van der Waals surface area contributed by atoms with Gasteiger partial charge in [0.15, 0.2) is 5.96 Å². The highest BCUT2D eigenvalue weighted by molar-refractivity contribution is 5.94. The average Bonchev–Trinajstić information content (AvgIpc) is 3.29. The number of carbonyl (C=O) groups excluding carboxylic acids is 1. The van der Waals surface area contributed by atoms with Crippen LogP contribution in [0.15, 0.2) is 65.8 Å². The second kappa shape index (κ2) is 10.00. The molecule has 3 N–H and O–H groups in total. The van der Waals surface area contributed by atoms with E-state index in [4.69, 9.17) is 4.74 Å². The molecule has 2 aromatic carbocycles. The Morgan fingerprint density at radius 3 is 2.78 bits per heavy atom. The van der Waals surface area contributed by atoms with Crippen molar-refractivity contribution >= 4 is 17.6 Å². The molecule has 8 nitrogen and oxygen atoms in total. The van der Waals surface area contributed by atoms with Crippen LogP contribution >= 0.6 is 0 Å². The third kappa shape index (κ3) is 5.08. The molecular formula is C24H28N6O2. The van der Waals surface area contributed by atoms with E-state index in [0.29, 0.717) is 25.5 Å². The lowest BCUT2D eigenvalue weighted by Gasteiger charge is -2.26. The van der Waals surface area contributed by atoms with E-state index in [1.165, 1.54) is 0 Å². The van der Waals surface area contributed by atoms with Crippen LogP contribution in [0.5, 0.6) is 5.75 Å². The maximum absolute atomic E-state index is 12.1. The van der Waals surface area contributed by atoms with Gasteiger partial charge in [-0.25, -0.2) is 9.67 Å². The van der Waals surface area contributed by atoms with Crippen molar-refractivity contribution in [2.24, 2.45) is 4.99 Å². The van der Waals surface area contributed by atoms with Gasteiger partial charge in [0.1, 0.15) is 5.75 Å². The summed E-state index contributed by atoms with van der Waals surface area (Å²) in [5.41, 5.74) is 3.86. The summed E-state index contributed by atoms with van der Waals surface area (Å²) in [6.07, 6.45) is 2.38. The Hall–Kier alpha value is -3.81. The van der Waals surface area contributed by atoms with Gasteiger partial charge in [0.05, 0.1) is 25.0 Å². The molecule has 166 valence electrons. The standard InChI is InChI=1S/C24H28N6O2/c1-3-25-24(26-15-17-14-23(31)28-22-7-5-4-6-21(17)22)27-16-18-12-13-30(29-18)19-8-10-20(32-2)11-9-19/h4-13,17H,3,14-16H2,1-2H3,(H,28,31)(H2,25,26,27). The summed E-state index contributed by atoms with van der Waals surface area (Å²) in [5.74, 6) is 1.65. The molecular weight excluding hydrogens is 404 g/mol. The highest BCUT2D eigenvalue weighted by Gasteiger charge is 2.24. The van der Waals surface area contributed by atoms with E-state index in [2.05, 4.69) is 32.1 Å². The van der Waals surface area contributed by atoms with E-state index in [9.17, 15) is 4.79 Å². The summed E-state index contributed by atoms with van der Waals surface area (Å²) >= 11 is 0. The number of aromatic nitrogens is 2. The zero-order valence-corrected chi connectivity index (χ0v) is 18.3. The van der Waals surface area contributed by atoms with Crippen molar-refractivity contribution < 1.29 is 9.53 Å². The first kappa shape index (κ1) is 21.4. The number of hydrogen-bond acceptors (Lipinski definition) is 4. The number of ether oxygens (including phenoxy) is 1. The summed E-state index contributed by atoms with van der Waals surface area (Å²) in [4.78, 5) is 16.7. The van der Waals surface area contributed by atoms with Crippen molar-refractivity contribution in [1.29, 1.82) is 0 Å². The first-order chi connectivity index (χ1) is 15.7. The van der Waals surface area contributed by atoms with Crippen LogP contribution in [0, 0.1) is 0 Å².